The first-order valence-corrected chi connectivity index (χ1v) is 4.80. The average molecular weight is 232 g/mol. The maximum atomic E-state index is 12.6. The van der Waals surface area contributed by atoms with Crippen LogP contribution in [-0.2, 0) is 0 Å². The van der Waals surface area contributed by atoms with Crippen LogP contribution in [0.5, 0.6) is 0 Å². The summed E-state index contributed by atoms with van der Waals surface area (Å²) in [5.74, 6) is -0.738. The average Bonchev–Trinajstić information content (AvgIpc) is 2.33. The van der Waals surface area contributed by atoms with Crippen molar-refractivity contribution in [1.82, 2.24) is 9.97 Å². The number of nitrogen functional groups attached to an aromatic ring is 1. The largest absolute Gasteiger partial charge is 0.396 e. The Bertz CT molecular complexity index is 541. The Morgan fingerprint density at radius 2 is 2.12 bits per heavy atom. The third-order valence-electron chi connectivity index (χ3n) is 2.03. The molecule has 0 fully saturated rings. The van der Waals surface area contributed by atoms with Crippen molar-refractivity contribution in [3.63, 3.8) is 0 Å². The molecule has 17 heavy (non-hydrogen) atoms. The lowest BCUT2D eigenvalue weighted by Gasteiger charge is -2.05. The van der Waals surface area contributed by atoms with Gasteiger partial charge in [-0.15, -0.1) is 0 Å². The smallest absolute Gasteiger partial charge is 0.275 e. The molecule has 0 aliphatic heterocycles. The topological polar surface area (TPSA) is 80.9 Å². The van der Waals surface area contributed by atoms with Gasteiger partial charge in [-0.25, -0.2) is 14.4 Å². The van der Waals surface area contributed by atoms with Gasteiger partial charge >= 0.3 is 0 Å². The summed E-state index contributed by atoms with van der Waals surface area (Å²) in [6.07, 6.45) is 2.47. The number of nitrogens with two attached hydrogens (primary N) is 1. The number of nitrogens with one attached hydrogen (secondary N) is 1. The first-order valence-electron chi connectivity index (χ1n) is 4.80. The van der Waals surface area contributed by atoms with Crippen molar-refractivity contribution in [2.45, 2.75) is 0 Å². The summed E-state index contributed by atoms with van der Waals surface area (Å²) in [6, 6.07) is 5.70. The molecule has 0 bridgehead atoms. The van der Waals surface area contributed by atoms with Gasteiger partial charge in [-0.2, -0.15) is 0 Å². The van der Waals surface area contributed by atoms with Crippen molar-refractivity contribution in [3.05, 3.63) is 48.2 Å². The highest BCUT2D eigenvalue weighted by molar-refractivity contribution is 6.03. The molecule has 0 unspecified atom stereocenters. The van der Waals surface area contributed by atoms with E-state index in [-0.39, 0.29) is 11.5 Å². The van der Waals surface area contributed by atoms with Crippen molar-refractivity contribution in [3.8, 4) is 0 Å². The van der Waals surface area contributed by atoms with E-state index in [1.165, 1.54) is 12.3 Å². The molecule has 0 saturated carbocycles. The second kappa shape index (κ2) is 4.56. The van der Waals surface area contributed by atoms with Crippen LogP contribution in [0.1, 0.15) is 10.5 Å². The van der Waals surface area contributed by atoms with E-state index in [2.05, 4.69) is 15.3 Å². The quantitative estimate of drug-likeness (QED) is 0.821. The lowest BCUT2D eigenvalue weighted by atomic mass is 10.3. The summed E-state index contributed by atoms with van der Waals surface area (Å²) < 4.78 is 12.6. The molecule has 0 saturated heterocycles. The molecular formula is C11H9FN4O. The van der Waals surface area contributed by atoms with Crippen molar-refractivity contribution in [2.24, 2.45) is 0 Å². The number of anilines is 2. The first-order chi connectivity index (χ1) is 8.16. The molecule has 2 heterocycles. The van der Waals surface area contributed by atoms with Gasteiger partial charge in [0.05, 0.1) is 11.9 Å². The minimum atomic E-state index is -0.501. The summed E-state index contributed by atoms with van der Waals surface area (Å²) in [5, 5.41) is 2.49. The summed E-state index contributed by atoms with van der Waals surface area (Å²) in [5.41, 5.74) is 6.06. The second-order valence-electron chi connectivity index (χ2n) is 3.26. The van der Waals surface area contributed by atoms with Crippen LogP contribution in [0.4, 0.5) is 15.9 Å². The van der Waals surface area contributed by atoms with E-state index in [4.69, 9.17) is 5.73 Å². The number of halogens is 1. The Morgan fingerprint density at radius 1 is 1.29 bits per heavy atom. The number of rotatable bonds is 2. The van der Waals surface area contributed by atoms with E-state index in [0.717, 1.165) is 12.3 Å². The zero-order chi connectivity index (χ0) is 12.3. The van der Waals surface area contributed by atoms with Gasteiger partial charge in [-0.3, -0.25) is 4.79 Å². The Kier molecular flexibility index (Phi) is 2.95. The molecular weight excluding hydrogens is 223 g/mol. The van der Waals surface area contributed by atoms with E-state index in [1.54, 1.807) is 12.1 Å². The predicted octanol–water partition coefficient (Wildman–Crippen LogP) is 1.45. The molecule has 0 spiro atoms. The normalized spacial score (nSPS) is 9.94. The highest BCUT2D eigenvalue weighted by Crippen LogP contribution is 2.13. The minimum absolute atomic E-state index is 0.0939. The minimum Gasteiger partial charge on any atom is -0.396 e. The Labute approximate surface area is 96.5 Å². The molecule has 0 aromatic carbocycles. The van der Waals surface area contributed by atoms with Crippen LogP contribution in [0.25, 0.3) is 0 Å². The number of nitrogens with zero attached hydrogens (tertiary/aromatic N) is 2. The standard InChI is InChI=1S/C11H9FN4O/c12-7-3-4-9(15-6-7)11(17)16-10-8(13)2-1-5-14-10/h1-6H,13H2,(H,14,16,17). The molecule has 2 aromatic heterocycles. The lowest BCUT2D eigenvalue weighted by molar-refractivity contribution is 0.102. The Balaban J connectivity index is 2.17. The van der Waals surface area contributed by atoms with Gasteiger partial charge in [-0.1, -0.05) is 0 Å². The molecule has 6 heteroatoms. The van der Waals surface area contributed by atoms with Gasteiger partial charge in [0.25, 0.3) is 5.91 Å². The van der Waals surface area contributed by atoms with E-state index in [9.17, 15) is 9.18 Å². The fourth-order valence-electron chi connectivity index (χ4n) is 1.20. The van der Waals surface area contributed by atoms with Gasteiger partial charge < -0.3 is 11.1 Å². The first kappa shape index (κ1) is 11.0. The van der Waals surface area contributed by atoms with E-state index < -0.39 is 11.7 Å². The van der Waals surface area contributed by atoms with E-state index >= 15 is 0 Å². The highest BCUT2D eigenvalue weighted by atomic mass is 19.1. The molecule has 3 N–H and O–H groups in total. The monoisotopic (exact) mass is 232 g/mol. The van der Waals surface area contributed by atoms with Crippen LogP contribution in [0.3, 0.4) is 0 Å². The number of carbonyl (C=O) groups is 1. The lowest BCUT2D eigenvalue weighted by Crippen LogP contribution is -2.15. The van der Waals surface area contributed by atoms with Crippen molar-refractivity contribution < 1.29 is 9.18 Å². The zero-order valence-electron chi connectivity index (χ0n) is 8.72. The fourth-order valence-corrected chi connectivity index (χ4v) is 1.20. The fraction of sp³-hybridized carbons (Fsp3) is 0. The molecule has 0 aliphatic carbocycles. The summed E-state index contributed by atoms with van der Waals surface area (Å²) >= 11 is 0. The predicted molar refractivity (Wildman–Crippen MR) is 60.8 cm³/mol. The van der Waals surface area contributed by atoms with Crippen molar-refractivity contribution >= 4 is 17.4 Å². The number of hydrogen-bond donors (Lipinski definition) is 2. The maximum absolute atomic E-state index is 12.6. The van der Waals surface area contributed by atoms with E-state index in [0.29, 0.717) is 5.69 Å². The molecule has 5 nitrogen and oxygen atoms in total. The SMILES string of the molecule is Nc1cccnc1NC(=O)c1ccc(F)cn1. The highest BCUT2D eigenvalue weighted by Gasteiger charge is 2.09. The Morgan fingerprint density at radius 3 is 2.76 bits per heavy atom. The summed E-state index contributed by atoms with van der Waals surface area (Å²) in [7, 11) is 0. The molecule has 0 aliphatic rings. The number of aromatic nitrogens is 2. The maximum Gasteiger partial charge on any atom is 0.275 e. The summed E-state index contributed by atoms with van der Waals surface area (Å²) in [6.45, 7) is 0. The van der Waals surface area contributed by atoms with Gasteiger partial charge in [0, 0.05) is 6.20 Å². The van der Waals surface area contributed by atoms with Crippen LogP contribution in [0, 0.1) is 5.82 Å². The third kappa shape index (κ3) is 2.54. The molecule has 2 rings (SSSR count). The third-order valence-corrected chi connectivity index (χ3v) is 2.03. The molecule has 86 valence electrons. The number of amides is 1. The molecule has 0 radical (unpaired) electrons. The van der Waals surface area contributed by atoms with Gasteiger partial charge in [0.15, 0.2) is 5.82 Å². The van der Waals surface area contributed by atoms with Gasteiger partial charge in [0.2, 0.25) is 0 Å². The van der Waals surface area contributed by atoms with Crippen LogP contribution in [0.2, 0.25) is 0 Å². The molecule has 0 atom stereocenters. The van der Waals surface area contributed by atoms with Crippen molar-refractivity contribution in [1.29, 1.82) is 0 Å². The van der Waals surface area contributed by atoms with Crippen molar-refractivity contribution in [2.75, 3.05) is 11.1 Å². The number of pyridine rings is 2. The Hall–Kier alpha value is -2.50. The van der Waals surface area contributed by atoms with Crippen LogP contribution >= 0.6 is 0 Å². The van der Waals surface area contributed by atoms with E-state index in [1.807, 2.05) is 0 Å². The van der Waals surface area contributed by atoms with Crippen LogP contribution in [-0.4, -0.2) is 15.9 Å². The van der Waals surface area contributed by atoms with Gasteiger partial charge in [-0.05, 0) is 24.3 Å². The second-order valence-corrected chi connectivity index (χ2v) is 3.26. The number of carbonyl (C=O) groups excluding carboxylic acids is 1. The van der Waals surface area contributed by atoms with Crippen LogP contribution in [0.15, 0.2) is 36.7 Å². The molecule has 1 amide bonds. The number of hydrogen-bond acceptors (Lipinski definition) is 4. The zero-order valence-corrected chi connectivity index (χ0v) is 8.72. The summed E-state index contributed by atoms with van der Waals surface area (Å²) in [4.78, 5) is 19.2. The van der Waals surface area contributed by atoms with Crippen LogP contribution < -0.4 is 11.1 Å². The van der Waals surface area contributed by atoms with Gasteiger partial charge in [0.1, 0.15) is 11.5 Å². The molecule has 2 aromatic rings.